The first-order valence-electron chi connectivity index (χ1n) is 13.3. The van der Waals surface area contributed by atoms with E-state index in [9.17, 15) is 14.7 Å². The van der Waals surface area contributed by atoms with Gasteiger partial charge in [-0.05, 0) is 25.7 Å². The summed E-state index contributed by atoms with van der Waals surface area (Å²) < 4.78 is 4.88. The topological polar surface area (TPSA) is 63.6 Å². The zero-order valence-electron chi connectivity index (χ0n) is 20.8. The van der Waals surface area contributed by atoms with E-state index >= 15 is 0 Å². The minimum absolute atomic E-state index is 0.0734. The van der Waals surface area contributed by atoms with Crippen molar-refractivity contribution in [3.63, 3.8) is 0 Å². The normalized spacial score (nSPS) is 12.2. The molecule has 32 heavy (non-hydrogen) atoms. The maximum absolute atomic E-state index is 11.6. The molecular formula is C28H50O4. The van der Waals surface area contributed by atoms with E-state index < -0.39 is 17.9 Å². The second-order valence-corrected chi connectivity index (χ2v) is 9.00. The van der Waals surface area contributed by atoms with Crippen LogP contribution in [0.3, 0.4) is 0 Å². The van der Waals surface area contributed by atoms with Gasteiger partial charge in [0.05, 0.1) is 12.3 Å². The highest BCUT2D eigenvalue weighted by molar-refractivity contribution is 5.78. The molecule has 0 fully saturated rings. The monoisotopic (exact) mass is 450 g/mol. The number of hydrogen-bond acceptors (Lipinski definition) is 3. The van der Waals surface area contributed by atoms with E-state index in [0.717, 1.165) is 6.42 Å². The lowest BCUT2D eigenvalue weighted by atomic mass is 9.99. The van der Waals surface area contributed by atoms with Gasteiger partial charge in [-0.1, -0.05) is 122 Å². The molecular weight excluding hydrogens is 400 g/mol. The lowest BCUT2D eigenvalue weighted by Crippen LogP contribution is -2.19. The Kier molecular flexibility index (Phi) is 22.9. The SMILES string of the molecule is C=CCOC(=O)CC(CC/C=C/CCCCCCCCCCCCCCCCC)C(=O)O. The van der Waals surface area contributed by atoms with Crippen molar-refractivity contribution in [1.82, 2.24) is 0 Å². The molecule has 0 saturated heterocycles. The van der Waals surface area contributed by atoms with Crippen LogP contribution in [0.15, 0.2) is 24.8 Å². The molecule has 0 bridgehead atoms. The van der Waals surface area contributed by atoms with E-state index in [4.69, 9.17) is 4.74 Å². The van der Waals surface area contributed by atoms with Gasteiger partial charge in [0.25, 0.3) is 0 Å². The Morgan fingerprint density at radius 1 is 0.781 bits per heavy atom. The molecule has 0 aromatic rings. The average molecular weight is 451 g/mol. The molecule has 0 amide bonds. The van der Waals surface area contributed by atoms with Crippen molar-refractivity contribution in [3.05, 3.63) is 24.8 Å². The van der Waals surface area contributed by atoms with E-state index in [-0.39, 0.29) is 13.0 Å². The van der Waals surface area contributed by atoms with Crippen molar-refractivity contribution in [1.29, 1.82) is 0 Å². The molecule has 1 unspecified atom stereocenters. The maximum atomic E-state index is 11.6. The standard InChI is InChI=1S/C28H50O4/c1-3-5-6-7-8-9-10-11-12-13-14-15-16-17-18-19-20-21-22-23-26(28(30)31)25-27(29)32-24-4-2/h4,20-21,26H,2-3,5-19,22-25H2,1H3,(H,30,31)/b21-20+. The first-order valence-corrected chi connectivity index (χ1v) is 13.3. The fourth-order valence-corrected chi connectivity index (χ4v) is 3.89. The van der Waals surface area contributed by atoms with E-state index in [1.807, 2.05) is 0 Å². The number of unbranched alkanes of at least 4 members (excludes halogenated alkanes) is 15. The zero-order valence-corrected chi connectivity index (χ0v) is 20.8. The molecule has 1 N–H and O–H groups in total. The molecule has 4 nitrogen and oxygen atoms in total. The largest absolute Gasteiger partial charge is 0.481 e. The van der Waals surface area contributed by atoms with Crippen LogP contribution in [0.4, 0.5) is 0 Å². The van der Waals surface area contributed by atoms with Crippen LogP contribution >= 0.6 is 0 Å². The van der Waals surface area contributed by atoms with Crippen molar-refractivity contribution >= 4 is 11.9 Å². The van der Waals surface area contributed by atoms with Crippen LogP contribution in [-0.2, 0) is 14.3 Å². The van der Waals surface area contributed by atoms with Crippen molar-refractivity contribution in [2.24, 2.45) is 5.92 Å². The number of hydrogen-bond donors (Lipinski definition) is 1. The summed E-state index contributed by atoms with van der Waals surface area (Å²) in [4.78, 5) is 22.8. The number of rotatable bonds is 24. The van der Waals surface area contributed by atoms with Crippen LogP contribution in [-0.4, -0.2) is 23.7 Å². The Bertz CT molecular complexity index is 484. The fourth-order valence-electron chi connectivity index (χ4n) is 3.89. The molecule has 0 heterocycles. The molecule has 0 aliphatic rings. The smallest absolute Gasteiger partial charge is 0.307 e. The Balaban J connectivity index is 3.46. The molecule has 0 aromatic heterocycles. The second kappa shape index (κ2) is 24.1. The summed E-state index contributed by atoms with van der Waals surface area (Å²) in [5, 5.41) is 9.25. The maximum Gasteiger partial charge on any atom is 0.307 e. The van der Waals surface area contributed by atoms with Crippen LogP contribution in [0.2, 0.25) is 0 Å². The third kappa shape index (κ3) is 21.6. The summed E-state index contributed by atoms with van der Waals surface area (Å²) in [6, 6.07) is 0. The Morgan fingerprint density at radius 3 is 1.72 bits per heavy atom. The number of carboxylic acids is 1. The van der Waals surface area contributed by atoms with Gasteiger partial charge in [0.2, 0.25) is 0 Å². The van der Waals surface area contributed by atoms with Crippen molar-refractivity contribution < 1.29 is 19.4 Å². The molecule has 0 aliphatic heterocycles. The fraction of sp³-hybridized carbons (Fsp3) is 0.786. The molecule has 0 aromatic carbocycles. The van der Waals surface area contributed by atoms with Gasteiger partial charge >= 0.3 is 11.9 Å². The van der Waals surface area contributed by atoms with E-state index in [1.54, 1.807) is 0 Å². The van der Waals surface area contributed by atoms with Crippen LogP contribution in [0, 0.1) is 5.92 Å². The molecule has 0 aliphatic carbocycles. The zero-order chi connectivity index (χ0) is 23.7. The Labute approximate surface area is 197 Å². The highest BCUT2D eigenvalue weighted by Gasteiger charge is 2.21. The Hall–Kier alpha value is -1.58. The predicted molar refractivity (Wildman–Crippen MR) is 135 cm³/mol. The first kappa shape index (κ1) is 30.4. The van der Waals surface area contributed by atoms with Gasteiger partial charge < -0.3 is 9.84 Å². The lowest BCUT2D eigenvalue weighted by molar-refractivity contribution is -0.151. The van der Waals surface area contributed by atoms with Crippen molar-refractivity contribution in [2.45, 2.75) is 129 Å². The van der Waals surface area contributed by atoms with Gasteiger partial charge in [0.1, 0.15) is 6.61 Å². The van der Waals surface area contributed by atoms with E-state index in [2.05, 4.69) is 25.7 Å². The molecule has 186 valence electrons. The van der Waals surface area contributed by atoms with Gasteiger partial charge in [-0.3, -0.25) is 9.59 Å². The number of carbonyl (C=O) groups excluding carboxylic acids is 1. The summed E-state index contributed by atoms with van der Waals surface area (Å²) in [7, 11) is 0. The number of ether oxygens (including phenoxy) is 1. The summed E-state index contributed by atoms with van der Waals surface area (Å²) in [5.74, 6) is -2.08. The van der Waals surface area contributed by atoms with Crippen molar-refractivity contribution in [2.75, 3.05) is 6.61 Å². The van der Waals surface area contributed by atoms with Crippen molar-refractivity contribution in [3.8, 4) is 0 Å². The Morgan fingerprint density at radius 2 is 1.25 bits per heavy atom. The average Bonchev–Trinajstić information content (AvgIpc) is 2.78. The number of aliphatic carboxylic acids is 1. The minimum Gasteiger partial charge on any atom is -0.481 e. The number of carboxylic acid groups (broad SMARTS) is 1. The molecule has 0 saturated carbocycles. The van der Waals surface area contributed by atoms with Gasteiger partial charge in [0.15, 0.2) is 0 Å². The van der Waals surface area contributed by atoms with Crippen LogP contribution in [0.25, 0.3) is 0 Å². The van der Waals surface area contributed by atoms with Crippen LogP contribution < -0.4 is 0 Å². The van der Waals surface area contributed by atoms with Gasteiger partial charge in [0, 0.05) is 0 Å². The van der Waals surface area contributed by atoms with Crippen LogP contribution in [0.5, 0.6) is 0 Å². The molecule has 0 spiro atoms. The summed E-state index contributed by atoms with van der Waals surface area (Å²) in [6.07, 6.45) is 28.4. The first-order chi connectivity index (χ1) is 15.6. The number of carbonyl (C=O) groups is 2. The van der Waals surface area contributed by atoms with E-state index in [1.165, 1.54) is 102 Å². The predicted octanol–water partition coefficient (Wildman–Crippen LogP) is 8.40. The van der Waals surface area contributed by atoms with Gasteiger partial charge in [-0.2, -0.15) is 0 Å². The van der Waals surface area contributed by atoms with Crippen LogP contribution in [0.1, 0.15) is 129 Å². The third-order valence-electron chi connectivity index (χ3n) is 5.95. The molecule has 0 rings (SSSR count). The van der Waals surface area contributed by atoms with E-state index in [0.29, 0.717) is 12.8 Å². The third-order valence-corrected chi connectivity index (χ3v) is 5.95. The lowest BCUT2D eigenvalue weighted by Gasteiger charge is -2.10. The summed E-state index contributed by atoms with van der Waals surface area (Å²) >= 11 is 0. The highest BCUT2D eigenvalue weighted by Crippen LogP contribution is 2.15. The minimum atomic E-state index is -0.934. The van der Waals surface area contributed by atoms with Gasteiger partial charge in [-0.25, -0.2) is 0 Å². The number of esters is 1. The molecule has 1 atom stereocenters. The number of allylic oxidation sites excluding steroid dienone is 2. The summed E-state index contributed by atoms with van der Waals surface area (Å²) in [5.41, 5.74) is 0. The molecule has 0 radical (unpaired) electrons. The quantitative estimate of drug-likeness (QED) is 0.0910. The second-order valence-electron chi connectivity index (χ2n) is 9.00. The molecule has 4 heteroatoms. The highest BCUT2D eigenvalue weighted by atomic mass is 16.5. The summed E-state index contributed by atoms with van der Waals surface area (Å²) in [6.45, 7) is 5.88. The van der Waals surface area contributed by atoms with Gasteiger partial charge in [-0.15, -0.1) is 0 Å².